The van der Waals surface area contributed by atoms with Gasteiger partial charge >= 0.3 is 0 Å². The molecule has 84 valence electrons. The average molecular weight is 346 g/mol. The number of rotatable bonds is 3. The van der Waals surface area contributed by atoms with Crippen molar-refractivity contribution < 1.29 is 4.74 Å². The summed E-state index contributed by atoms with van der Waals surface area (Å²) in [5.41, 5.74) is 7.66. The Morgan fingerprint density at radius 1 is 1.12 bits per heavy atom. The van der Waals surface area contributed by atoms with Crippen LogP contribution >= 0.6 is 31.9 Å². The van der Waals surface area contributed by atoms with E-state index in [2.05, 4.69) is 49.3 Å². The van der Waals surface area contributed by atoms with E-state index < -0.39 is 0 Å². The molecule has 0 aromatic heterocycles. The summed E-state index contributed by atoms with van der Waals surface area (Å²) in [5, 5.41) is 0. The smallest absolute Gasteiger partial charge is 0.130 e. The van der Waals surface area contributed by atoms with Gasteiger partial charge in [0.15, 0.2) is 0 Å². The van der Waals surface area contributed by atoms with E-state index >= 15 is 0 Å². The van der Waals surface area contributed by atoms with Gasteiger partial charge in [0.25, 0.3) is 0 Å². The van der Waals surface area contributed by atoms with Crippen molar-refractivity contribution in [2.45, 2.75) is 0 Å². The molecule has 0 saturated heterocycles. The molecule has 2 rings (SSSR count). The number of hydrazine groups is 1. The molecular weight excluding hydrogens is 336 g/mol. The minimum atomic E-state index is 0.481. The molecule has 0 radical (unpaired) electrons. The van der Waals surface area contributed by atoms with Gasteiger partial charge in [-0.3, -0.25) is 0 Å². The third-order valence-electron chi connectivity index (χ3n) is 1.96. The molecule has 0 saturated carbocycles. The third-order valence-corrected chi connectivity index (χ3v) is 2.88. The lowest BCUT2D eigenvalue weighted by molar-refractivity contribution is 0.342. The first-order valence-electron chi connectivity index (χ1n) is 4.64. The van der Waals surface area contributed by atoms with E-state index in [0.717, 1.165) is 26.1 Å². The van der Waals surface area contributed by atoms with E-state index in [1.165, 1.54) is 0 Å². The lowest BCUT2D eigenvalue weighted by Crippen LogP contribution is -2.25. The van der Waals surface area contributed by atoms with Gasteiger partial charge in [-0.15, -0.1) is 0 Å². The summed E-state index contributed by atoms with van der Waals surface area (Å²) in [6.45, 7) is 4.25. The van der Waals surface area contributed by atoms with Crippen LogP contribution in [0.5, 0.6) is 5.75 Å². The predicted molar refractivity (Wildman–Crippen MR) is 70.8 cm³/mol. The number of hydrogen-bond acceptors (Lipinski definition) is 3. The van der Waals surface area contributed by atoms with E-state index in [1.807, 2.05) is 24.3 Å². The zero-order chi connectivity index (χ0) is 11.5. The quantitative estimate of drug-likeness (QED) is 0.883. The standard InChI is InChI=1S/C11H10Br2N2O/c1-7-2-10(15-14-7)6-16-11-4-8(12)3-9(13)5-11/h2-5,14-15H,1,6H2. The molecule has 2 N–H and O–H groups in total. The van der Waals surface area contributed by atoms with Gasteiger partial charge in [-0.05, 0) is 24.3 Å². The molecule has 0 bridgehead atoms. The van der Waals surface area contributed by atoms with Crippen molar-refractivity contribution in [2.24, 2.45) is 0 Å². The Kier molecular flexibility index (Phi) is 3.56. The SMILES string of the molecule is C=C1C=C(COc2cc(Br)cc(Br)c2)NN1. The molecule has 0 spiro atoms. The number of hydrogen-bond donors (Lipinski definition) is 2. The van der Waals surface area contributed by atoms with Crippen LogP contribution in [-0.4, -0.2) is 6.61 Å². The van der Waals surface area contributed by atoms with Gasteiger partial charge in [0.2, 0.25) is 0 Å². The Balaban J connectivity index is 1.99. The Morgan fingerprint density at radius 2 is 1.81 bits per heavy atom. The van der Waals surface area contributed by atoms with Gasteiger partial charge in [0.05, 0.1) is 5.70 Å². The van der Waals surface area contributed by atoms with Gasteiger partial charge in [0.1, 0.15) is 12.4 Å². The second-order valence-corrected chi connectivity index (χ2v) is 5.17. The van der Waals surface area contributed by atoms with Gasteiger partial charge in [0, 0.05) is 14.6 Å². The maximum absolute atomic E-state index is 5.63. The zero-order valence-corrected chi connectivity index (χ0v) is 11.6. The number of benzene rings is 1. The summed E-state index contributed by atoms with van der Waals surface area (Å²) in [6, 6.07) is 5.80. The number of nitrogens with one attached hydrogen (secondary N) is 2. The molecule has 5 heteroatoms. The summed E-state index contributed by atoms with van der Waals surface area (Å²) in [5.74, 6) is 0.807. The van der Waals surface area contributed by atoms with E-state index in [0.29, 0.717) is 6.61 Å². The molecule has 0 unspecified atom stereocenters. The maximum atomic E-state index is 5.63. The second-order valence-electron chi connectivity index (χ2n) is 3.34. The van der Waals surface area contributed by atoms with Gasteiger partial charge < -0.3 is 15.6 Å². The Bertz CT molecular complexity index is 437. The van der Waals surface area contributed by atoms with Crippen molar-refractivity contribution in [3.63, 3.8) is 0 Å². The van der Waals surface area contributed by atoms with Crippen LogP contribution in [0.25, 0.3) is 0 Å². The van der Waals surface area contributed by atoms with Crippen molar-refractivity contribution in [1.82, 2.24) is 10.9 Å². The first-order chi connectivity index (χ1) is 7.63. The van der Waals surface area contributed by atoms with Crippen LogP contribution in [0.1, 0.15) is 0 Å². The summed E-state index contributed by atoms with van der Waals surface area (Å²) >= 11 is 6.82. The molecule has 1 aliphatic rings. The maximum Gasteiger partial charge on any atom is 0.130 e. The lowest BCUT2D eigenvalue weighted by Gasteiger charge is -2.08. The summed E-state index contributed by atoms with van der Waals surface area (Å²) < 4.78 is 7.59. The van der Waals surface area contributed by atoms with Gasteiger partial charge in [-0.25, -0.2) is 0 Å². The number of halogens is 2. The normalized spacial score (nSPS) is 14.1. The molecule has 0 amide bonds. The highest BCUT2D eigenvalue weighted by atomic mass is 79.9. The molecule has 1 aromatic rings. The molecule has 3 nitrogen and oxygen atoms in total. The summed E-state index contributed by atoms with van der Waals surface area (Å²) in [4.78, 5) is 0. The number of ether oxygens (including phenoxy) is 1. The van der Waals surface area contributed by atoms with Gasteiger partial charge in [-0.1, -0.05) is 38.4 Å². The third kappa shape index (κ3) is 3.02. The summed E-state index contributed by atoms with van der Waals surface area (Å²) in [6.07, 6.45) is 1.91. The molecular formula is C11H10Br2N2O. The molecule has 0 aliphatic carbocycles. The molecule has 0 fully saturated rings. The van der Waals surface area contributed by atoms with Gasteiger partial charge in [-0.2, -0.15) is 0 Å². The van der Waals surface area contributed by atoms with Crippen molar-refractivity contribution >= 4 is 31.9 Å². The van der Waals surface area contributed by atoms with Crippen molar-refractivity contribution in [3.8, 4) is 5.75 Å². The minimum Gasteiger partial charge on any atom is -0.487 e. The second kappa shape index (κ2) is 4.93. The van der Waals surface area contributed by atoms with Crippen LogP contribution in [0, 0.1) is 0 Å². The minimum absolute atomic E-state index is 0.481. The monoisotopic (exact) mass is 344 g/mol. The van der Waals surface area contributed by atoms with E-state index in [9.17, 15) is 0 Å². The van der Waals surface area contributed by atoms with Crippen LogP contribution in [0.3, 0.4) is 0 Å². The van der Waals surface area contributed by atoms with Crippen molar-refractivity contribution in [2.75, 3.05) is 6.61 Å². The van der Waals surface area contributed by atoms with Crippen LogP contribution in [0.2, 0.25) is 0 Å². The lowest BCUT2D eigenvalue weighted by atomic mass is 10.3. The molecule has 1 aromatic carbocycles. The zero-order valence-electron chi connectivity index (χ0n) is 8.39. The highest BCUT2D eigenvalue weighted by Gasteiger charge is 2.06. The fourth-order valence-corrected chi connectivity index (χ4v) is 2.55. The van der Waals surface area contributed by atoms with Crippen molar-refractivity contribution in [1.29, 1.82) is 0 Å². The fourth-order valence-electron chi connectivity index (χ4n) is 1.29. The summed E-state index contributed by atoms with van der Waals surface area (Å²) in [7, 11) is 0. The number of allylic oxidation sites excluding steroid dienone is 1. The Morgan fingerprint density at radius 3 is 2.38 bits per heavy atom. The van der Waals surface area contributed by atoms with E-state index in [4.69, 9.17) is 4.74 Å². The Hall–Kier alpha value is -0.940. The van der Waals surface area contributed by atoms with Crippen LogP contribution in [0.4, 0.5) is 0 Å². The van der Waals surface area contributed by atoms with E-state index in [1.54, 1.807) is 0 Å². The first-order valence-corrected chi connectivity index (χ1v) is 6.22. The Labute approximate surface area is 111 Å². The average Bonchev–Trinajstić information content (AvgIpc) is 2.60. The van der Waals surface area contributed by atoms with Crippen molar-refractivity contribution in [3.05, 3.63) is 51.2 Å². The fraction of sp³-hybridized carbons (Fsp3) is 0.0909. The predicted octanol–water partition coefficient (Wildman–Crippen LogP) is 3.10. The highest BCUT2D eigenvalue weighted by Crippen LogP contribution is 2.25. The van der Waals surface area contributed by atoms with Crippen LogP contribution in [0.15, 0.2) is 51.2 Å². The van der Waals surface area contributed by atoms with Crippen LogP contribution < -0.4 is 15.6 Å². The topological polar surface area (TPSA) is 33.3 Å². The first kappa shape index (κ1) is 11.5. The molecule has 1 aliphatic heterocycles. The van der Waals surface area contributed by atoms with E-state index in [-0.39, 0.29) is 0 Å². The molecule has 16 heavy (non-hydrogen) atoms. The molecule has 1 heterocycles. The molecule has 0 atom stereocenters. The highest BCUT2D eigenvalue weighted by molar-refractivity contribution is 9.11. The van der Waals surface area contributed by atoms with Crippen LogP contribution in [-0.2, 0) is 0 Å². The largest absolute Gasteiger partial charge is 0.487 e.